The van der Waals surface area contributed by atoms with Gasteiger partial charge >= 0.3 is 0 Å². The van der Waals surface area contributed by atoms with Crippen LogP contribution in [-0.2, 0) is 4.79 Å². The van der Waals surface area contributed by atoms with E-state index in [1.165, 1.54) is 0 Å². The van der Waals surface area contributed by atoms with Crippen LogP contribution in [0.15, 0.2) is 30.5 Å². The van der Waals surface area contributed by atoms with Crippen LogP contribution in [-0.4, -0.2) is 46.7 Å². The van der Waals surface area contributed by atoms with Gasteiger partial charge in [0.2, 0.25) is 11.8 Å². The highest BCUT2D eigenvalue weighted by atomic mass is 19.3. The van der Waals surface area contributed by atoms with Gasteiger partial charge in [-0.25, -0.2) is 8.78 Å². The molecule has 1 aromatic carbocycles. The molecule has 1 aliphatic heterocycles. The van der Waals surface area contributed by atoms with E-state index in [1.54, 1.807) is 24.4 Å². The summed E-state index contributed by atoms with van der Waals surface area (Å²) in [6.45, 7) is 1.42. The standard InChI is InChI=1S/C25H30F2N4O2/c1-24(26,27)18-12-19(30-22(32)13-25(33)9-3-2-4-10-25)16-31(15-18)21-8-7-17(14-28)23-20(21)6-5-11-29-23/h5-8,11,18-19,33H,2-4,9-10,12-13,15-16H2,1H3,(H,30,32). The average Bonchev–Trinajstić information content (AvgIpc) is 2.77. The molecule has 33 heavy (non-hydrogen) atoms. The number of nitriles is 1. The topological polar surface area (TPSA) is 89.2 Å². The number of amides is 1. The van der Waals surface area contributed by atoms with Gasteiger partial charge in [0.05, 0.1) is 23.1 Å². The molecule has 6 nitrogen and oxygen atoms in total. The number of nitrogens with one attached hydrogen (secondary N) is 1. The summed E-state index contributed by atoms with van der Waals surface area (Å²) in [5.74, 6) is -4.16. The van der Waals surface area contributed by atoms with Crippen LogP contribution in [0.5, 0.6) is 0 Å². The number of nitrogens with zero attached hydrogens (tertiary/aromatic N) is 3. The van der Waals surface area contributed by atoms with Gasteiger partial charge in [-0.2, -0.15) is 5.26 Å². The molecule has 2 atom stereocenters. The number of piperidine rings is 1. The van der Waals surface area contributed by atoms with E-state index in [0.717, 1.165) is 37.3 Å². The summed E-state index contributed by atoms with van der Waals surface area (Å²) in [5.41, 5.74) is 0.674. The third-order valence-corrected chi connectivity index (χ3v) is 7.01. The molecule has 2 aliphatic rings. The van der Waals surface area contributed by atoms with Crippen LogP contribution in [0.25, 0.3) is 10.9 Å². The molecule has 4 rings (SSSR count). The molecule has 1 amide bonds. The number of aromatic nitrogens is 1. The largest absolute Gasteiger partial charge is 0.389 e. The van der Waals surface area contributed by atoms with E-state index in [1.807, 2.05) is 11.0 Å². The summed E-state index contributed by atoms with van der Waals surface area (Å²) in [7, 11) is 0. The third-order valence-electron chi connectivity index (χ3n) is 7.01. The minimum absolute atomic E-state index is 0.000398. The van der Waals surface area contributed by atoms with Crippen molar-refractivity contribution in [1.82, 2.24) is 10.3 Å². The molecule has 2 N–H and O–H groups in total. The van der Waals surface area contributed by atoms with Crippen LogP contribution >= 0.6 is 0 Å². The number of alkyl halides is 2. The minimum atomic E-state index is -2.91. The van der Waals surface area contributed by atoms with Crippen molar-refractivity contribution in [3.63, 3.8) is 0 Å². The molecule has 1 aromatic heterocycles. The quantitative estimate of drug-likeness (QED) is 0.705. The Bertz CT molecular complexity index is 1060. The lowest BCUT2D eigenvalue weighted by Gasteiger charge is -2.42. The number of carbonyl (C=O) groups is 1. The van der Waals surface area contributed by atoms with Gasteiger partial charge in [0.25, 0.3) is 0 Å². The Labute approximate surface area is 192 Å². The third kappa shape index (κ3) is 5.25. The lowest BCUT2D eigenvalue weighted by molar-refractivity contribution is -0.128. The maximum atomic E-state index is 14.4. The van der Waals surface area contributed by atoms with E-state index >= 15 is 0 Å². The molecule has 2 heterocycles. The molecule has 0 spiro atoms. The van der Waals surface area contributed by atoms with Crippen LogP contribution in [0.1, 0.15) is 57.4 Å². The summed E-state index contributed by atoms with van der Waals surface area (Å²) in [6.07, 6.45) is 5.80. The lowest BCUT2D eigenvalue weighted by atomic mass is 9.82. The number of fused-ring (bicyclic) bond motifs is 1. The van der Waals surface area contributed by atoms with Gasteiger partial charge < -0.3 is 15.3 Å². The van der Waals surface area contributed by atoms with Gasteiger partial charge in [-0.1, -0.05) is 19.3 Å². The number of anilines is 1. The maximum Gasteiger partial charge on any atom is 0.249 e. The molecule has 2 unspecified atom stereocenters. The van der Waals surface area contributed by atoms with Crippen molar-refractivity contribution in [2.75, 3.05) is 18.0 Å². The molecule has 8 heteroatoms. The predicted octanol–water partition coefficient (Wildman–Crippen LogP) is 4.16. The lowest BCUT2D eigenvalue weighted by Crippen LogP contribution is -2.55. The van der Waals surface area contributed by atoms with Gasteiger partial charge in [0.15, 0.2) is 0 Å². The molecule has 1 saturated carbocycles. The van der Waals surface area contributed by atoms with Gasteiger partial charge in [0, 0.05) is 42.3 Å². The van der Waals surface area contributed by atoms with Crippen LogP contribution in [0.3, 0.4) is 0 Å². The zero-order chi connectivity index (χ0) is 23.6. The summed E-state index contributed by atoms with van der Waals surface area (Å²) in [4.78, 5) is 18.9. The second-order valence-corrected chi connectivity index (χ2v) is 9.66. The second kappa shape index (κ2) is 9.22. The monoisotopic (exact) mass is 456 g/mol. The number of hydrogen-bond donors (Lipinski definition) is 2. The normalized spacial score (nSPS) is 23.2. The molecule has 0 radical (unpaired) electrons. The summed E-state index contributed by atoms with van der Waals surface area (Å²) >= 11 is 0. The van der Waals surface area contributed by atoms with Gasteiger partial charge in [-0.05, 0) is 50.5 Å². The zero-order valence-electron chi connectivity index (χ0n) is 18.9. The fourth-order valence-electron chi connectivity index (χ4n) is 5.26. The highest BCUT2D eigenvalue weighted by Crippen LogP contribution is 2.37. The predicted molar refractivity (Wildman–Crippen MR) is 122 cm³/mol. The highest BCUT2D eigenvalue weighted by Gasteiger charge is 2.42. The molecular formula is C25H30F2N4O2. The van der Waals surface area contributed by atoms with Crippen molar-refractivity contribution in [1.29, 1.82) is 5.26 Å². The van der Waals surface area contributed by atoms with E-state index in [9.17, 15) is 23.9 Å². The van der Waals surface area contributed by atoms with Gasteiger partial charge in [0.1, 0.15) is 6.07 Å². The Morgan fingerprint density at radius 1 is 1.30 bits per heavy atom. The molecule has 2 fully saturated rings. The van der Waals surface area contributed by atoms with Crippen LogP contribution in [0, 0.1) is 17.2 Å². The summed E-state index contributed by atoms with van der Waals surface area (Å²) < 4.78 is 28.9. The summed E-state index contributed by atoms with van der Waals surface area (Å²) in [6, 6.07) is 8.67. The van der Waals surface area contributed by atoms with Crippen LogP contribution in [0.2, 0.25) is 0 Å². The van der Waals surface area contributed by atoms with Crippen molar-refractivity contribution in [2.45, 2.75) is 69.4 Å². The smallest absolute Gasteiger partial charge is 0.249 e. The average molecular weight is 457 g/mol. The van der Waals surface area contributed by atoms with Gasteiger partial charge in [-0.3, -0.25) is 9.78 Å². The molecule has 1 saturated heterocycles. The van der Waals surface area contributed by atoms with E-state index in [2.05, 4.69) is 16.4 Å². The number of carbonyl (C=O) groups excluding carboxylic acids is 1. The van der Waals surface area contributed by atoms with E-state index in [4.69, 9.17) is 0 Å². The zero-order valence-corrected chi connectivity index (χ0v) is 18.9. The number of benzene rings is 1. The molecular weight excluding hydrogens is 426 g/mol. The van der Waals surface area contributed by atoms with Gasteiger partial charge in [-0.15, -0.1) is 0 Å². The number of rotatable bonds is 5. The Balaban J connectivity index is 1.58. The number of pyridine rings is 1. The number of aliphatic hydroxyl groups is 1. The second-order valence-electron chi connectivity index (χ2n) is 9.66. The van der Waals surface area contributed by atoms with Crippen molar-refractivity contribution in [2.24, 2.45) is 5.92 Å². The Hall–Kier alpha value is -2.79. The first-order chi connectivity index (χ1) is 15.7. The first-order valence-corrected chi connectivity index (χ1v) is 11.6. The van der Waals surface area contributed by atoms with Crippen LogP contribution < -0.4 is 10.2 Å². The molecule has 0 bridgehead atoms. The molecule has 2 aromatic rings. The van der Waals surface area contributed by atoms with Crippen molar-refractivity contribution < 1.29 is 18.7 Å². The highest BCUT2D eigenvalue weighted by molar-refractivity contribution is 5.95. The molecule has 1 aliphatic carbocycles. The fourth-order valence-corrected chi connectivity index (χ4v) is 5.26. The first kappa shape index (κ1) is 23.4. The fraction of sp³-hybridized carbons (Fsp3) is 0.560. The van der Waals surface area contributed by atoms with Crippen molar-refractivity contribution in [3.05, 3.63) is 36.0 Å². The van der Waals surface area contributed by atoms with Crippen LogP contribution in [0.4, 0.5) is 14.5 Å². The van der Waals surface area contributed by atoms with E-state index in [0.29, 0.717) is 30.5 Å². The van der Waals surface area contributed by atoms with E-state index < -0.39 is 23.5 Å². The van der Waals surface area contributed by atoms with Crippen molar-refractivity contribution in [3.8, 4) is 6.07 Å². The Kier molecular flexibility index (Phi) is 6.53. The number of halogens is 2. The number of hydrogen-bond acceptors (Lipinski definition) is 5. The van der Waals surface area contributed by atoms with E-state index in [-0.39, 0.29) is 25.3 Å². The first-order valence-electron chi connectivity index (χ1n) is 11.6. The van der Waals surface area contributed by atoms with Crippen molar-refractivity contribution >= 4 is 22.5 Å². The molecule has 176 valence electrons. The maximum absolute atomic E-state index is 14.4. The SMILES string of the molecule is CC(F)(F)C1CC(NC(=O)CC2(O)CCCCC2)CN(c2ccc(C#N)c3ncccc23)C1. The Morgan fingerprint density at radius 3 is 2.76 bits per heavy atom. The Morgan fingerprint density at radius 2 is 2.06 bits per heavy atom. The summed E-state index contributed by atoms with van der Waals surface area (Å²) in [5, 5.41) is 23.8. The minimum Gasteiger partial charge on any atom is -0.389 e.